The molecule has 31 heavy (non-hydrogen) atoms. The molecule has 0 aromatic heterocycles. The number of carbonyl (C=O) groups excluding carboxylic acids is 1. The van der Waals surface area contributed by atoms with Crippen LogP contribution in [-0.4, -0.2) is 61.8 Å². The zero-order valence-corrected chi connectivity index (χ0v) is 18.3. The van der Waals surface area contributed by atoms with Crippen molar-refractivity contribution < 1.29 is 26.4 Å². The van der Waals surface area contributed by atoms with Crippen molar-refractivity contribution in [2.24, 2.45) is 5.92 Å². The van der Waals surface area contributed by atoms with Crippen LogP contribution in [0.15, 0.2) is 23.1 Å². The second-order valence-corrected chi connectivity index (χ2v) is 10.3. The van der Waals surface area contributed by atoms with E-state index in [2.05, 4.69) is 11.4 Å². The first-order chi connectivity index (χ1) is 14.4. The van der Waals surface area contributed by atoms with Gasteiger partial charge in [-0.15, -0.1) is 0 Å². The summed E-state index contributed by atoms with van der Waals surface area (Å²) in [5.41, 5.74) is -2.01. The fraction of sp³-hybridized carbons (Fsp3) is 0.579. The van der Waals surface area contributed by atoms with E-state index in [0.717, 1.165) is 29.3 Å². The lowest BCUT2D eigenvalue weighted by atomic mass is 9.98. The molecule has 1 unspecified atom stereocenters. The van der Waals surface area contributed by atoms with E-state index in [1.165, 1.54) is 0 Å². The van der Waals surface area contributed by atoms with Crippen molar-refractivity contribution in [3.63, 3.8) is 0 Å². The lowest BCUT2D eigenvalue weighted by Crippen LogP contribution is -2.54. The minimum Gasteiger partial charge on any atom is -0.337 e. The third-order valence-corrected chi connectivity index (χ3v) is 7.98. The average molecular weight is 479 g/mol. The SMILES string of the molecule is CC(C#N)(NC(=O)CN1CCN(S(=O)(=O)c2cc(C(F)(F)F)ccc2Cl)CC1)C1CC1. The second kappa shape index (κ2) is 8.58. The topological polar surface area (TPSA) is 93.5 Å². The molecule has 1 aromatic rings. The Kier molecular flexibility index (Phi) is 6.58. The Morgan fingerprint density at radius 1 is 1.26 bits per heavy atom. The number of carbonyl (C=O) groups is 1. The molecule has 12 heteroatoms. The number of piperazine rings is 1. The third-order valence-electron chi connectivity index (χ3n) is 5.60. The monoisotopic (exact) mass is 478 g/mol. The van der Waals surface area contributed by atoms with Crippen LogP contribution in [0.4, 0.5) is 13.2 Å². The van der Waals surface area contributed by atoms with E-state index in [1.807, 2.05) is 0 Å². The van der Waals surface area contributed by atoms with Gasteiger partial charge in [0.1, 0.15) is 10.4 Å². The molecule has 3 rings (SSSR count). The molecule has 1 aliphatic carbocycles. The summed E-state index contributed by atoms with van der Waals surface area (Å²) in [6.45, 7) is 2.13. The number of sulfonamides is 1. The summed E-state index contributed by atoms with van der Waals surface area (Å²) in [6, 6.07) is 4.33. The van der Waals surface area contributed by atoms with E-state index in [-0.39, 0.29) is 49.6 Å². The van der Waals surface area contributed by atoms with Crippen LogP contribution in [0, 0.1) is 17.2 Å². The zero-order chi connectivity index (χ0) is 23.0. The highest BCUT2D eigenvalue weighted by molar-refractivity contribution is 7.89. The Labute approximate surface area is 183 Å². The van der Waals surface area contributed by atoms with Gasteiger partial charge in [0.2, 0.25) is 15.9 Å². The number of nitrogens with one attached hydrogen (secondary N) is 1. The van der Waals surface area contributed by atoms with Crippen LogP contribution in [0.1, 0.15) is 25.3 Å². The molecule has 1 saturated carbocycles. The molecule has 7 nitrogen and oxygen atoms in total. The number of halogens is 4. The van der Waals surface area contributed by atoms with Crippen LogP contribution in [0.2, 0.25) is 5.02 Å². The predicted octanol–water partition coefficient (Wildman–Crippen LogP) is 2.47. The second-order valence-electron chi connectivity index (χ2n) is 7.96. The highest BCUT2D eigenvalue weighted by Crippen LogP contribution is 2.39. The van der Waals surface area contributed by atoms with Gasteiger partial charge in [0, 0.05) is 26.2 Å². The summed E-state index contributed by atoms with van der Waals surface area (Å²) >= 11 is 5.89. The molecule has 170 valence electrons. The maximum Gasteiger partial charge on any atom is 0.416 e. The summed E-state index contributed by atoms with van der Waals surface area (Å²) in [4.78, 5) is 13.5. The molecule has 1 aromatic carbocycles. The molecule has 0 radical (unpaired) electrons. The van der Waals surface area contributed by atoms with Crippen molar-refractivity contribution in [3.8, 4) is 6.07 Å². The summed E-state index contributed by atoms with van der Waals surface area (Å²) in [5, 5.41) is 11.8. The summed E-state index contributed by atoms with van der Waals surface area (Å²) < 4.78 is 65.7. The smallest absolute Gasteiger partial charge is 0.337 e. The molecule has 2 fully saturated rings. The first-order valence-electron chi connectivity index (χ1n) is 9.68. The Balaban J connectivity index is 1.63. The van der Waals surface area contributed by atoms with Crippen LogP contribution in [0.25, 0.3) is 0 Å². The van der Waals surface area contributed by atoms with Crippen molar-refractivity contribution >= 4 is 27.5 Å². The molecule has 1 saturated heterocycles. The van der Waals surface area contributed by atoms with Gasteiger partial charge >= 0.3 is 6.18 Å². The first kappa shape index (κ1) is 23.8. The van der Waals surface area contributed by atoms with Gasteiger partial charge in [-0.3, -0.25) is 9.69 Å². The number of hydrogen-bond donors (Lipinski definition) is 1. The lowest BCUT2D eigenvalue weighted by molar-refractivity contribution is -0.137. The van der Waals surface area contributed by atoms with E-state index in [9.17, 15) is 31.6 Å². The number of nitrogens with zero attached hydrogens (tertiary/aromatic N) is 3. The van der Waals surface area contributed by atoms with Gasteiger partial charge in [-0.1, -0.05) is 11.6 Å². The van der Waals surface area contributed by atoms with E-state index in [1.54, 1.807) is 11.8 Å². The van der Waals surface area contributed by atoms with Gasteiger partial charge in [-0.2, -0.15) is 22.7 Å². The van der Waals surface area contributed by atoms with Crippen LogP contribution >= 0.6 is 11.6 Å². The minimum absolute atomic E-state index is 0.000328. The molecular weight excluding hydrogens is 457 g/mol. The maximum absolute atomic E-state index is 13.0. The van der Waals surface area contributed by atoms with E-state index in [0.29, 0.717) is 6.07 Å². The van der Waals surface area contributed by atoms with Crippen molar-refractivity contribution in [2.45, 2.75) is 36.4 Å². The Morgan fingerprint density at radius 3 is 2.39 bits per heavy atom. The fourth-order valence-corrected chi connectivity index (χ4v) is 5.48. The number of alkyl halides is 3. The predicted molar refractivity (Wildman–Crippen MR) is 107 cm³/mol. The quantitative estimate of drug-likeness (QED) is 0.678. The highest BCUT2D eigenvalue weighted by atomic mass is 35.5. The number of hydrogen-bond acceptors (Lipinski definition) is 5. The number of benzene rings is 1. The number of nitriles is 1. The van der Waals surface area contributed by atoms with Crippen LogP contribution < -0.4 is 5.32 Å². The van der Waals surface area contributed by atoms with Crippen LogP contribution in [-0.2, 0) is 21.0 Å². The minimum atomic E-state index is -4.70. The molecule has 1 N–H and O–H groups in total. The third kappa shape index (κ3) is 5.31. The summed E-state index contributed by atoms with van der Waals surface area (Å²) in [5.74, 6) is -0.186. The standard InChI is InChI=1S/C19H22ClF3N4O3S/c1-18(12-24,13-2-3-13)25-17(28)11-26-6-8-27(9-7-26)31(29,30)16-10-14(19(21,22)23)4-5-15(16)20/h4-5,10,13H,2-3,6-9,11H2,1H3,(H,25,28). The van der Waals surface area contributed by atoms with Crippen molar-refractivity contribution in [1.29, 1.82) is 5.26 Å². The van der Waals surface area contributed by atoms with Gasteiger partial charge in [0.25, 0.3) is 0 Å². The Bertz CT molecular complexity index is 1000. The van der Waals surface area contributed by atoms with Gasteiger partial charge < -0.3 is 5.32 Å². The molecule has 0 bridgehead atoms. The van der Waals surface area contributed by atoms with Crippen LogP contribution in [0.3, 0.4) is 0 Å². The molecule has 1 atom stereocenters. The van der Waals surface area contributed by atoms with E-state index < -0.39 is 32.2 Å². The summed E-state index contributed by atoms with van der Waals surface area (Å²) in [7, 11) is -4.23. The molecule has 1 heterocycles. The average Bonchev–Trinajstić information content (AvgIpc) is 3.53. The number of amides is 1. The largest absolute Gasteiger partial charge is 0.416 e. The van der Waals surface area contributed by atoms with Crippen LogP contribution in [0.5, 0.6) is 0 Å². The van der Waals surface area contributed by atoms with Gasteiger partial charge in [-0.05, 0) is 43.9 Å². The van der Waals surface area contributed by atoms with Gasteiger partial charge in [0.05, 0.1) is 23.2 Å². The molecule has 0 spiro atoms. The molecular formula is C19H22ClF3N4O3S. The van der Waals surface area contributed by atoms with Gasteiger partial charge in [0.15, 0.2) is 0 Å². The van der Waals surface area contributed by atoms with Crippen molar-refractivity contribution in [2.75, 3.05) is 32.7 Å². The lowest BCUT2D eigenvalue weighted by Gasteiger charge is -2.34. The van der Waals surface area contributed by atoms with E-state index >= 15 is 0 Å². The van der Waals surface area contributed by atoms with Gasteiger partial charge in [-0.25, -0.2) is 8.42 Å². The first-order valence-corrected chi connectivity index (χ1v) is 11.5. The van der Waals surface area contributed by atoms with E-state index in [4.69, 9.17) is 11.6 Å². The van der Waals surface area contributed by atoms with Crippen molar-refractivity contribution in [1.82, 2.24) is 14.5 Å². The normalized spacial score (nSPS) is 20.6. The maximum atomic E-state index is 13.0. The highest BCUT2D eigenvalue weighted by Gasteiger charge is 2.43. The number of rotatable bonds is 6. The molecule has 2 aliphatic rings. The molecule has 1 aliphatic heterocycles. The fourth-order valence-electron chi connectivity index (χ4n) is 3.56. The Morgan fingerprint density at radius 2 is 1.87 bits per heavy atom. The molecule has 1 amide bonds. The van der Waals surface area contributed by atoms with Crippen molar-refractivity contribution in [3.05, 3.63) is 28.8 Å². The summed E-state index contributed by atoms with van der Waals surface area (Å²) in [6.07, 6.45) is -2.92. The Hall–Kier alpha value is -1.87. The zero-order valence-electron chi connectivity index (χ0n) is 16.7.